The second kappa shape index (κ2) is 5.09. The molecular formula is C14H14N2O2S. The lowest BCUT2D eigenvalue weighted by Gasteiger charge is -2.07. The summed E-state index contributed by atoms with van der Waals surface area (Å²) in [5, 5.41) is 0.960. The highest BCUT2D eigenvalue weighted by molar-refractivity contribution is 7.15. The maximum absolute atomic E-state index is 11.9. The van der Waals surface area contributed by atoms with Crippen LogP contribution in [-0.4, -0.2) is 22.5 Å². The van der Waals surface area contributed by atoms with Gasteiger partial charge in [-0.3, -0.25) is 9.78 Å². The van der Waals surface area contributed by atoms with Gasteiger partial charge in [0.2, 0.25) is 0 Å². The van der Waals surface area contributed by atoms with Crippen LogP contribution in [0.1, 0.15) is 29.8 Å². The molecule has 2 heterocycles. The van der Waals surface area contributed by atoms with Crippen molar-refractivity contribution in [2.24, 2.45) is 0 Å². The molecule has 3 rings (SSSR count). The molecule has 1 atom stereocenters. The summed E-state index contributed by atoms with van der Waals surface area (Å²) in [6, 6.07) is 3.88. The number of carbonyl (C=O) groups is 1. The van der Waals surface area contributed by atoms with Crippen LogP contribution in [0.15, 0.2) is 24.5 Å². The fourth-order valence-corrected chi connectivity index (χ4v) is 3.46. The van der Waals surface area contributed by atoms with Crippen molar-refractivity contribution in [2.45, 2.75) is 25.7 Å². The lowest BCUT2D eigenvalue weighted by Crippen LogP contribution is -2.14. The molecule has 1 aliphatic rings. The molecule has 98 valence electrons. The lowest BCUT2D eigenvalue weighted by molar-refractivity contribution is -0.145. The smallest absolute Gasteiger partial charge is 0.315 e. The van der Waals surface area contributed by atoms with Crippen LogP contribution in [-0.2, 0) is 16.0 Å². The first kappa shape index (κ1) is 12.3. The summed E-state index contributed by atoms with van der Waals surface area (Å²) < 4.78 is 5.11. The largest absolute Gasteiger partial charge is 0.465 e. The molecule has 0 N–H and O–H groups in total. The van der Waals surface area contributed by atoms with Crippen molar-refractivity contribution >= 4 is 17.3 Å². The van der Waals surface area contributed by atoms with Gasteiger partial charge in [-0.05, 0) is 31.9 Å². The third-order valence-corrected chi connectivity index (χ3v) is 4.40. The number of hydrogen-bond acceptors (Lipinski definition) is 5. The molecule has 0 radical (unpaired) electrons. The Morgan fingerprint density at radius 2 is 2.26 bits per heavy atom. The molecule has 0 spiro atoms. The highest BCUT2D eigenvalue weighted by Gasteiger charge is 2.33. The van der Waals surface area contributed by atoms with Crippen LogP contribution in [0.5, 0.6) is 0 Å². The molecule has 0 aromatic carbocycles. The predicted molar refractivity (Wildman–Crippen MR) is 73.0 cm³/mol. The summed E-state index contributed by atoms with van der Waals surface area (Å²) in [7, 11) is 0. The number of rotatable bonds is 3. The molecule has 4 nitrogen and oxygen atoms in total. The molecule has 2 aromatic heterocycles. The van der Waals surface area contributed by atoms with Gasteiger partial charge in [0.05, 0.1) is 12.3 Å². The Bertz CT molecular complexity index is 595. The van der Waals surface area contributed by atoms with Crippen LogP contribution in [0.25, 0.3) is 10.6 Å². The maximum atomic E-state index is 11.9. The van der Waals surface area contributed by atoms with Gasteiger partial charge in [0.15, 0.2) is 0 Å². The van der Waals surface area contributed by atoms with Crippen LogP contribution in [0.2, 0.25) is 0 Å². The Hall–Kier alpha value is -1.75. The molecule has 0 amide bonds. The molecule has 1 aliphatic carbocycles. The number of thiazole rings is 1. The number of aryl methyl sites for hydroxylation is 1. The van der Waals surface area contributed by atoms with Crippen molar-refractivity contribution in [3.05, 3.63) is 35.1 Å². The highest BCUT2D eigenvalue weighted by atomic mass is 32.1. The number of nitrogens with zero attached hydrogens (tertiary/aromatic N) is 2. The third kappa shape index (κ3) is 2.26. The standard InChI is InChI=1S/C14H14N2O2S/c1-2-18-14(17)10-3-4-11-12(10)16-13(19-11)9-5-7-15-8-6-9/h5-8,10H,2-4H2,1H3. The van der Waals surface area contributed by atoms with Gasteiger partial charge in [0.25, 0.3) is 0 Å². The van der Waals surface area contributed by atoms with E-state index in [1.54, 1.807) is 23.7 Å². The van der Waals surface area contributed by atoms with E-state index < -0.39 is 0 Å². The molecule has 2 aromatic rings. The molecule has 0 saturated heterocycles. The SMILES string of the molecule is CCOC(=O)C1CCc2sc(-c3ccncc3)nc21. The Morgan fingerprint density at radius 1 is 1.47 bits per heavy atom. The highest BCUT2D eigenvalue weighted by Crippen LogP contribution is 2.40. The van der Waals surface area contributed by atoms with Gasteiger partial charge >= 0.3 is 5.97 Å². The Kier molecular flexibility index (Phi) is 3.29. The van der Waals surface area contributed by atoms with E-state index in [9.17, 15) is 4.79 Å². The van der Waals surface area contributed by atoms with Crippen molar-refractivity contribution in [3.63, 3.8) is 0 Å². The van der Waals surface area contributed by atoms with E-state index in [1.165, 1.54) is 4.88 Å². The van der Waals surface area contributed by atoms with Gasteiger partial charge in [-0.1, -0.05) is 0 Å². The number of fused-ring (bicyclic) bond motifs is 1. The summed E-state index contributed by atoms with van der Waals surface area (Å²) in [5.74, 6) is -0.324. The minimum atomic E-state index is -0.179. The van der Waals surface area contributed by atoms with Crippen LogP contribution in [0, 0.1) is 0 Å². The van der Waals surface area contributed by atoms with E-state index in [4.69, 9.17) is 4.74 Å². The second-order valence-electron chi connectivity index (χ2n) is 4.41. The van der Waals surface area contributed by atoms with E-state index in [0.29, 0.717) is 6.61 Å². The number of ether oxygens (including phenoxy) is 1. The molecule has 19 heavy (non-hydrogen) atoms. The first-order chi connectivity index (χ1) is 9.29. The maximum Gasteiger partial charge on any atom is 0.315 e. The molecule has 0 fully saturated rings. The second-order valence-corrected chi connectivity index (χ2v) is 5.49. The quantitative estimate of drug-likeness (QED) is 0.808. The normalized spacial score (nSPS) is 17.2. The third-order valence-electron chi connectivity index (χ3n) is 3.22. The summed E-state index contributed by atoms with van der Waals surface area (Å²) in [4.78, 5) is 21.7. The number of esters is 1. The van der Waals surface area contributed by atoms with Gasteiger partial charge < -0.3 is 4.74 Å². The van der Waals surface area contributed by atoms with Crippen molar-refractivity contribution < 1.29 is 9.53 Å². The molecular weight excluding hydrogens is 260 g/mol. The number of aromatic nitrogens is 2. The predicted octanol–water partition coefficient (Wildman–Crippen LogP) is 2.80. The van der Waals surface area contributed by atoms with E-state index in [-0.39, 0.29) is 11.9 Å². The van der Waals surface area contributed by atoms with Crippen LogP contribution >= 0.6 is 11.3 Å². The summed E-state index contributed by atoms with van der Waals surface area (Å²) in [5.41, 5.74) is 1.97. The Balaban J connectivity index is 1.91. The van der Waals surface area contributed by atoms with Crippen LogP contribution in [0.3, 0.4) is 0 Å². The number of hydrogen-bond donors (Lipinski definition) is 0. The zero-order valence-corrected chi connectivity index (χ0v) is 11.4. The molecule has 0 bridgehead atoms. The van der Waals surface area contributed by atoms with E-state index >= 15 is 0 Å². The van der Waals surface area contributed by atoms with Gasteiger partial charge in [0.1, 0.15) is 10.9 Å². The lowest BCUT2D eigenvalue weighted by atomic mass is 10.1. The van der Waals surface area contributed by atoms with Crippen LogP contribution in [0.4, 0.5) is 0 Å². The fourth-order valence-electron chi connectivity index (χ4n) is 2.32. The monoisotopic (exact) mass is 274 g/mol. The number of pyridine rings is 1. The summed E-state index contributed by atoms with van der Waals surface area (Å²) >= 11 is 1.67. The van der Waals surface area contributed by atoms with Gasteiger partial charge in [-0.2, -0.15) is 0 Å². The van der Waals surface area contributed by atoms with E-state index in [0.717, 1.165) is 29.1 Å². The molecule has 1 unspecified atom stereocenters. The topological polar surface area (TPSA) is 52.1 Å². The van der Waals surface area contributed by atoms with Crippen molar-refractivity contribution in [1.82, 2.24) is 9.97 Å². The molecule has 0 saturated carbocycles. The van der Waals surface area contributed by atoms with Gasteiger partial charge in [-0.25, -0.2) is 4.98 Å². The Labute approximate surface area is 115 Å². The zero-order chi connectivity index (χ0) is 13.2. The first-order valence-electron chi connectivity index (χ1n) is 6.36. The first-order valence-corrected chi connectivity index (χ1v) is 7.18. The van der Waals surface area contributed by atoms with Crippen molar-refractivity contribution in [3.8, 4) is 10.6 Å². The molecule has 5 heteroatoms. The summed E-state index contributed by atoms with van der Waals surface area (Å²) in [6.07, 6.45) is 5.25. The van der Waals surface area contributed by atoms with Crippen molar-refractivity contribution in [1.29, 1.82) is 0 Å². The number of carbonyl (C=O) groups excluding carboxylic acids is 1. The van der Waals surface area contributed by atoms with E-state index in [1.807, 2.05) is 19.1 Å². The van der Waals surface area contributed by atoms with E-state index in [2.05, 4.69) is 9.97 Å². The molecule has 0 aliphatic heterocycles. The van der Waals surface area contributed by atoms with Gasteiger partial charge in [-0.15, -0.1) is 11.3 Å². The van der Waals surface area contributed by atoms with Crippen molar-refractivity contribution in [2.75, 3.05) is 6.61 Å². The zero-order valence-electron chi connectivity index (χ0n) is 10.6. The Morgan fingerprint density at radius 3 is 3.00 bits per heavy atom. The average molecular weight is 274 g/mol. The minimum absolute atomic E-state index is 0.146. The van der Waals surface area contributed by atoms with Gasteiger partial charge in [0, 0.05) is 22.8 Å². The minimum Gasteiger partial charge on any atom is -0.465 e. The average Bonchev–Trinajstić information content (AvgIpc) is 2.99. The van der Waals surface area contributed by atoms with Crippen LogP contribution < -0.4 is 0 Å². The summed E-state index contributed by atoms with van der Waals surface area (Å²) in [6.45, 7) is 2.25. The fraction of sp³-hybridized carbons (Fsp3) is 0.357.